The molecule has 1 aliphatic rings. The van der Waals surface area contributed by atoms with Gasteiger partial charge in [0.15, 0.2) is 0 Å². The molecule has 0 aliphatic carbocycles. The number of hydrogen-bond donors (Lipinski definition) is 1. The minimum absolute atomic E-state index is 0.0912. The van der Waals surface area contributed by atoms with Crippen LogP contribution < -0.4 is 0 Å². The van der Waals surface area contributed by atoms with Crippen molar-refractivity contribution in [2.24, 2.45) is 5.92 Å². The van der Waals surface area contributed by atoms with E-state index in [0.29, 0.717) is 29.4 Å². The zero-order valence-corrected chi connectivity index (χ0v) is 13.9. The number of amides is 1. The smallest absolute Gasteiger partial charge is 0.309 e. The Bertz CT molecular complexity index is 756. The molecule has 1 amide bonds. The predicted molar refractivity (Wildman–Crippen MR) is 83.1 cm³/mol. The number of carboxylic acid groups (broad SMARTS) is 1. The Kier molecular flexibility index (Phi) is 4.17. The summed E-state index contributed by atoms with van der Waals surface area (Å²) in [6.07, 6.45) is 0.507. The van der Waals surface area contributed by atoms with Crippen LogP contribution in [-0.4, -0.2) is 27.0 Å². The second-order valence-electron chi connectivity index (χ2n) is 6.20. The molecule has 24 heavy (non-hydrogen) atoms. The Labute approximate surface area is 139 Å². The number of piperidine rings is 1. The van der Waals surface area contributed by atoms with E-state index in [1.807, 2.05) is 0 Å². The maximum Gasteiger partial charge on any atom is 0.309 e. The largest absolute Gasteiger partial charge is 0.481 e. The van der Waals surface area contributed by atoms with Crippen LogP contribution in [0.4, 0.5) is 0 Å². The SMILES string of the molecule is Cc1ccc([C@@H]2[C@H](C(=O)O)CCC(=O)N2Cc2c(C)noc2C)o1. The van der Waals surface area contributed by atoms with Crippen LogP contribution in [0.2, 0.25) is 0 Å². The summed E-state index contributed by atoms with van der Waals surface area (Å²) in [7, 11) is 0. The summed E-state index contributed by atoms with van der Waals surface area (Å²) >= 11 is 0. The highest BCUT2D eigenvalue weighted by atomic mass is 16.5. The van der Waals surface area contributed by atoms with Crippen LogP contribution in [0.5, 0.6) is 0 Å². The summed E-state index contributed by atoms with van der Waals surface area (Å²) in [6, 6.07) is 2.89. The molecule has 2 atom stereocenters. The van der Waals surface area contributed by atoms with Crippen LogP contribution in [0, 0.1) is 26.7 Å². The van der Waals surface area contributed by atoms with Crippen molar-refractivity contribution in [3.05, 3.63) is 40.7 Å². The van der Waals surface area contributed by atoms with Crippen LogP contribution in [-0.2, 0) is 16.1 Å². The molecule has 0 radical (unpaired) electrons. The van der Waals surface area contributed by atoms with Crippen molar-refractivity contribution in [1.82, 2.24) is 10.1 Å². The van der Waals surface area contributed by atoms with Crippen LogP contribution in [0.3, 0.4) is 0 Å². The molecule has 0 unspecified atom stereocenters. The third-order valence-electron chi connectivity index (χ3n) is 4.59. The number of carboxylic acids is 1. The quantitative estimate of drug-likeness (QED) is 0.924. The summed E-state index contributed by atoms with van der Waals surface area (Å²) in [6.45, 7) is 5.64. The van der Waals surface area contributed by atoms with Gasteiger partial charge in [-0.25, -0.2) is 0 Å². The second kappa shape index (κ2) is 6.14. The first-order valence-electron chi connectivity index (χ1n) is 7.89. The van der Waals surface area contributed by atoms with E-state index in [4.69, 9.17) is 8.94 Å². The molecule has 3 heterocycles. The minimum Gasteiger partial charge on any atom is -0.481 e. The normalized spacial score (nSPS) is 21.3. The second-order valence-corrected chi connectivity index (χ2v) is 6.20. The molecule has 1 fully saturated rings. The molecule has 0 aromatic carbocycles. The monoisotopic (exact) mass is 332 g/mol. The first-order chi connectivity index (χ1) is 11.4. The Balaban J connectivity index is 2.01. The molecule has 0 saturated carbocycles. The molecular formula is C17H20N2O5. The van der Waals surface area contributed by atoms with Crippen LogP contribution in [0.15, 0.2) is 21.1 Å². The number of likely N-dealkylation sites (tertiary alicyclic amines) is 1. The summed E-state index contributed by atoms with van der Waals surface area (Å²) < 4.78 is 10.8. The van der Waals surface area contributed by atoms with Gasteiger partial charge in [0, 0.05) is 12.0 Å². The minimum atomic E-state index is -0.926. The Morgan fingerprint density at radius 2 is 2.12 bits per heavy atom. The summed E-state index contributed by atoms with van der Waals surface area (Å²) in [5.74, 6) is 0.0990. The molecule has 1 aliphatic heterocycles. The standard InChI is InChI=1S/C17H20N2O5/c1-9-4-6-14(23-9)16-12(17(21)22)5-7-15(20)19(16)8-13-10(2)18-24-11(13)3/h4,6,12,16H,5,7-8H2,1-3H3,(H,21,22)/t12-,16+/m1/s1. The van der Waals surface area contributed by atoms with E-state index in [2.05, 4.69) is 5.16 Å². The summed E-state index contributed by atoms with van der Waals surface area (Å²) in [5, 5.41) is 13.5. The van der Waals surface area contributed by atoms with Gasteiger partial charge in [0.2, 0.25) is 5.91 Å². The van der Waals surface area contributed by atoms with Gasteiger partial charge < -0.3 is 18.9 Å². The van der Waals surface area contributed by atoms with Crippen molar-refractivity contribution in [3.63, 3.8) is 0 Å². The fourth-order valence-electron chi connectivity index (χ4n) is 3.26. The van der Waals surface area contributed by atoms with Gasteiger partial charge in [-0.2, -0.15) is 0 Å². The van der Waals surface area contributed by atoms with Crippen molar-refractivity contribution < 1.29 is 23.6 Å². The predicted octanol–water partition coefficient (Wildman–Crippen LogP) is 2.76. The maximum atomic E-state index is 12.5. The third kappa shape index (κ3) is 2.81. The number of furan rings is 1. The number of carbonyl (C=O) groups is 2. The highest BCUT2D eigenvalue weighted by Gasteiger charge is 2.42. The average Bonchev–Trinajstić information content (AvgIpc) is 3.08. The van der Waals surface area contributed by atoms with Crippen molar-refractivity contribution in [2.45, 2.75) is 46.2 Å². The Morgan fingerprint density at radius 3 is 2.67 bits per heavy atom. The Morgan fingerprint density at radius 1 is 1.38 bits per heavy atom. The van der Waals surface area contributed by atoms with E-state index in [1.54, 1.807) is 37.8 Å². The first-order valence-corrected chi connectivity index (χ1v) is 7.89. The van der Waals surface area contributed by atoms with E-state index in [9.17, 15) is 14.7 Å². The van der Waals surface area contributed by atoms with Crippen molar-refractivity contribution in [1.29, 1.82) is 0 Å². The lowest BCUT2D eigenvalue weighted by molar-refractivity contribution is -0.153. The molecule has 2 aromatic rings. The van der Waals surface area contributed by atoms with E-state index >= 15 is 0 Å². The molecule has 3 rings (SSSR count). The summed E-state index contributed by atoms with van der Waals surface area (Å²) in [4.78, 5) is 25.8. The molecule has 0 bridgehead atoms. The van der Waals surface area contributed by atoms with Crippen LogP contribution >= 0.6 is 0 Å². The highest BCUT2D eigenvalue weighted by molar-refractivity contribution is 5.81. The molecule has 7 nitrogen and oxygen atoms in total. The lowest BCUT2D eigenvalue weighted by atomic mass is 9.86. The zero-order valence-electron chi connectivity index (χ0n) is 13.9. The van der Waals surface area contributed by atoms with Gasteiger partial charge in [-0.1, -0.05) is 5.16 Å². The van der Waals surface area contributed by atoms with Gasteiger partial charge in [0.1, 0.15) is 23.3 Å². The lowest BCUT2D eigenvalue weighted by Gasteiger charge is -2.38. The topological polar surface area (TPSA) is 96.8 Å². The van der Waals surface area contributed by atoms with E-state index < -0.39 is 17.9 Å². The van der Waals surface area contributed by atoms with E-state index in [-0.39, 0.29) is 18.9 Å². The number of aromatic nitrogens is 1. The number of rotatable bonds is 4. The number of aryl methyl sites for hydroxylation is 3. The average molecular weight is 332 g/mol. The van der Waals surface area contributed by atoms with E-state index in [0.717, 1.165) is 5.56 Å². The number of hydrogen-bond acceptors (Lipinski definition) is 5. The maximum absolute atomic E-state index is 12.5. The van der Waals surface area contributed by atoms with Gasteiger partial charge in [-0.05, 0) is 39.3 Å². The number of nitrogens with zero attached hydrogens (tertiary/aromatic N) is 2. The highest BCUT2D eigenvalue weighted by Crippen LogP contribution is 2.39. The molecular weight excluding hydrogens is 312 g/mol. The van der Waals surface area contributed by atoms with Gasteiger partial charge in [0.25, 0.3) is 0 Å². The molecule has 1 N–H and O–H groups in total. The van der Waals surface area contributed by atoms with Crippen molar-refractivity contribution in [3.8, 4) is 0 Å². The molecule has 128 valence electrons. The van der Waals surface area contributed by atoms with Crippen LogP contribution in [0.25, 0.3) is 0 Å². The molecule has 2 aromatic heterocycles. The number of aliphatic carboxylic acids is 1. The van der Waals surface area contributed by atoms with Gasteiger partial charge in [-0.3, -0.25) is 9.59 Å². The van der Waals surface area contributed by atoms with Crippen molar-refractivity contribution >= 4 is 11.9 Å². The fraction of sp³-hybridized carbons (Fsp3) is 0.471. The van der Waals surface area contributed by atoms with E-state index in [1.165, 1.54) is 0 Å². The zero-order chi connectivity index (χ0) is 17.4. The van der Waals surface area contributed by atoms with Crippen molar-refractivity contribution in [2.75, 3.05) is 0 Å². The third-order valence-corrected chi connectivity index (χ3v) is 4.59. The van der Waals surface area contributed by atoms with Gasteiger partial charge >= 0.3 is 5.97 Å². The molecule has 7 heteroatoms. The van der Waals surface area contributed by atoms with Crippen LogP contribution in [0.1, 0.15) is 47.4 Å². The fourth-order valence-corrected chi connectivity index (χ4v) is 3.26. The number of carbonyl (C=O) groups excluding carboxylic acids is 1. The first kappa shape index (κ1) is 16.3. The Hall–Kier alpha value is -2.57. The molecule has 1 saturated heterocycles. The summed E-state index contributed by atoms with van der Waals surface area (Å²) in [5.41, 5.74) is 1.51. The lowest BCUT2D eigenvalue weighted by Crippen LogP contribution is -2.44. The van der Waals surface area contributed by atoms with Gasteiger partial charge in [-0.15, -0.1) is 0 Å². The van der Waals surface area contributed by atoms with Gasteiger partial charge in [0.05, 0.1) is 18.2 Å². The molecule has 0 spiro atoms.